The number of allylic oxidation sites excluding steroid dienone is 4. The van der Waals surface area contributed by atoms with Gasteiger partial charge in [-0.15, -0.1) is 0 Å². The Hall–Kier alpha value is -1.65. The third-order valence-corrected chi connectivity index (χ3v) is 7.36. The molecular weight excluding hydrogens is 295 g/mol. The van der Waals surface area contributed by atoms with Crippen LogP contribution in [0.4, 0.5) is 0 Å². The van der Waals surface area contributed by atoms with E-state index in [1.165, 1.54) is 23.5 Å². The van der Waals surface area contributed by atoms with Crippen molar-refractivity contribution in [2.45, 2.75) is 26.7 Å². The molecule has 1 aliphatic rings. The highest BCUT2D eigenvalue weighted by Crippen LogP contribution is 2.51. The summed E-state index contributed by atoms with van der Waals surface area (Å²) in [5.74, 6) is 1.34. The van der Waals surface area contributed by atoms with Crippen LogP contribution in [-0.2, 0) is 0 Å². The van der Waals surface area contributed by atoms with Crippen LogP contribution in [0.25, 0.3) is 0 Å². The fourth-order valence-corrected chi connectivity index (χ4v) is 6.17. The summed E-state index contributed by atoms with van der Waals surface area (Å²) in [5, 5.41) is 4.53. The zero-order chi connectivity index (χ0) is 16.1. The smallest absolute Gasteiger partial charge is 0.00599 e. The van der Waals surface area contributed by atoms with Crippen molar-refractivity contribution in [1.29, 1.82) is 0 Å². The molecule has 0 amide bonds. The van der Waals surface area contributed by atoms with E-state index in [0.717, 1.165) is 5.92 Å². The summed E-state index contributed by atoms with van der Waals surface area (Å²) in [5.41, 5.74) is 0. The second-order valence-corrected chi connectivity index (χ2v) is 8.31. The fourth-order valence-electron chi connectivity index (χ4n) is 3.50. The first-order valence-corrected chi connectivity index (χ1v) is 9.98. The van der Waals surface area contributed by atoms with Gasteiger partial charge in [0.05, 0.1) is 0 Å². The highest BCUT2D eigenvalue weighted by atomic mass is 31.1. The van der Waals surface area contributed by atoms with E-state index >= 15 is 0 Å². The third-order valence-electron chi connectivity index (χ3n) is 4.77. The molecule has 0 fully saturated rings. The van der Waals surface area contributed by atoms with E-state index in [2.05, 4.69) is 92.7 Å². The topological polar surface area (TPSA) is 0 Å². The molecule has 0 radical (unpaired) electrons. The van der Waals surface area contributed by atoms with Crippen LogP contribution in [0.3, 0.4) is 0 Å². The van der Waals surface area contributed by atoms with E-state index in [-0.39, 0.29) is 0 Å². The minimum atomic E-state index is -0.437. The van der Waals surface area contributed by atoms with Crippen molar-refractivity contribution in [3.63, 3.8) is 0 Å². The lowest BCUT2D eigenvalue weighted by atomic mass is 9.89. The van der Waals surface area contributed by atoms with Crippen molar-refractivity contribution in [3.8, 4) is 0 Å². The highest BCUT2D eigenvalue weighted by Gasteiger charge is 2.29. The molecule has 1 heteroatoms. The van der Waals surface area contributed by atoms with Crippen molar-refractivity contribution in [2.75, 3.05) is 0 Å². The molecule has 0 unspecified atom stereocenters. The first kappa shape index (κ1) is 16.2. The van der Waals surface area contributed by atoms with Crippen LogP contribution in [0.1, 0.15) is 26.7 Å². The molecule has 0 N–H and O–H groups in total. The molecule has 0 spiro atoms. The maximum Gasteiger partial charge on any atom is 0.00599 e. The Morgan fingerprint density at radius 3 is 1.83 bits per heavy atom. The van der Waals surface area contributed by atoms with E-state index in [4.69, 9.17) is 0 Å². The van der Waals surface area contributed by atoms with Crippen LogP contribution in [0, 0.1) is 11.8 Å². The van der Waals surface area contributed by atoms with Gasteiger partial charge < -0.3 is 0 Å². The van der Waals surface area contributed by atoms with E-state index in [0.29, 0.717) is 5.92 Å². The minimum absolute atomic E-state index is 0.437. The number of hydrogen-bond acceptors (Lipinski definition) is 0. The molecule has 3 rings (SSSR count). The van der Waals surface area contributed by atoms with Crippen LogP contribution >= 0.6 is 7.92 Å². The summed E-state index contributed by atoms with van der Waals surface area (Å²) in [6, 6.07) is 22.1. The minimum Gasteiger partial charge on any atom is -0.0767 e. The predicted octanol–water partition coefficient (Wildman–Crippen LogP) is 5.63. The Bertz CT molecular complexity index is 626. The highest BCUT2D eigenvalue weighted by molar-refractivity contribution is 7.76. The monoisotopic (exact) mass is 320 g/mol. The Kier molecular flexibility index (Phi) is 5.47. The molecule has 0 heterocycles. The molecule has 0 nitrogen and oxygen atoms in total. The molecule has 118 valence electrons. The molecule has 2 aromatic rings. The van der Waals surface area contributed by atoms with Crippen LogP contribution in [-0.4, -0.2) is 0 Å². The predicted molar refractivity (Wildman–Crippen MR) is 104 cm³/mol. The Morgan fingerprint density at radius 1 is 0.826 bits per heavy atom. The van der Waals surface area contributed by atoms with Gasteiger partial charge in [-0.3, -0.25) is 0 Å². The number of rotatable bonds is 6. The van der Waals surface area contributed by atoms with Crippen LogP contribution in [0.15, 0.2) is 84.2 Å². The van der Waals surface area contributed by atoms with Crippen molar-refractivity contribution in [1.82, 2.24) is 0 Å². The van der Waals surface area contributed by atoms with Gasteiger partial charge in [0.2, 0.25) is 0 Å². The van der Waals surface area contributed by atoms with Gasteiger partial charge >= 0.3 is 0 Å². The van der Waals surface area contributed by atoms with Crippen LogP contribution in [0.5, 0.6) is 0 Å². The summed E-state index contributed by atoms with van der Waals surface area (Å²) < 4.78 is 0. The summed E-state index contributed by atoms with van der Waals surface area (Å²) in [7, 11) is -0.437. The van der Waals surface area contributed by atoms with E-state index in [1.807, 2.05) is 0 Å². The molecule has 1 atom stereocenters. The van der Waals surface area contributed by atoms with Crippen LogP contribution < -0.4 is 10.6 Å². The van der Waals surface area contributed by atoms with Gasteiger partial charge in [-0.25, -0.2) is 0 Å². The molecule has 2 aromatic carbocycles. The SMILES string of the molecule is CCC(CC)[C@H]1C=CC=C1P(c1ccccc1)c1ccccc1. The quantitative estimate of drug-likeness (QED) is 0.606. The van der Waals surface area contributed by atoms with Gasteiger partial charge in [-0.2, -0.15) is 0 Å². The van der Waals surface area contributed by atoms with Crippen molar-refractivity contribution < 1.29 is 0 Å². The Balaban J connectivity index is 2.03. The molecular formula is C22H25P. The zero-order valence-electron chi connectivity index (χ0n) is 14.0. The lowest BCUT2D eigenvalue weighted by molar-refractivity contribution is 0.424. The van der Waals surface area contributed by atoms with E-state index in [1.54, 1.807) is 5.31 Å². The molecule has 0 bridgehead atoms. The van der Waals surface area contributed by atoms with E-state index < -0.39 is 7.92 Å². The van der Waals surface area contributed by atoms with Gasteiger partial charge in [0.1, 0.15) is 0 Å². The molecule has 0 aromatic heterocycles. The number of benzene rings is 2. The van der Waals surface area contributed by atoms with Gasteiger partial charge in [-0.1, -0.05) is 106 Å². The largest absolute Gasteiger partial charge is 0.0767 e. The first-order valence-electron chi connectivity index (χ1n) is 8.63. The first-order chi connectivity index (χ1) is 11.3. The summed E-state index contributed by atoms with van der Waals surface area (Å²) >= 11 is 0. The van der Waals surface area contributed by atoms with Crippen molar-refractivity contribution >= 4 is 18.5 Å². The normalized spacial score (nSPS) is 17.0. The second-order valence-electron chi connectivity index (χ2n) is 6.09. The second kappa shape index (κ2) is 7.75. The summed E-state index contributed by atoms with van der Waals surface area (Å²) in [4.78, 5) is 0. The summed E-state index contributed by atoms with van der Waals surface area (Å²) in [6.07, 6.45) is 9.58. The maximum absolute atomic E-state index is 2.42. The molecule has 0 saturated carbocycles. The summed E-state index contributed by atoms with van der Waals surface area (Å²) in [6.45, 7) is 4.65. The molecule has 1 aliphatic carbocycles. The average molecular weight is 320 g/mol. The van der Waals surface area contributed by atoms with Crippen molar-refractivity contribution in [3.05, 3.63) is 84.2 Å². The van der Waals surface area contributed by atoms with Gasteiger partial charge in [-0.05, 0) is 29.8 Å². The van der Waals surface area contributed by atoms with Crippen molar-refractivity contribution in [2.24, 2.45) is 11.8 Å². The van der Waals surface area contributed by atoms with Crippen LogP contribution in [0.2, 0.25) is 0 Å². The zero-order valence-corrected chi connectivity index (χ0v) is 14.9. The van der Waals surface area contributed by atoms with Gasteiger partial charge in [0, 0.05) is 5.92 Å². The maximum atomic E-state index is 2.42. The lowest BCUT2D eigenvalue weighted by Gasteiger charge is -2.29. The Morgan fingerprint density at radius 2 is 1.35 bits per heavy atom. The molecule has 0 saturated heterocycles. The van der Waals surface area contributed by atoms with Gasteiger partial charge in [0.15, 0.2) is 0 Å². The Labute approximate surface area is 141 Å². The van der Waals surface area contributed by atoms with Gasteiger partial charge in [0.25, 0.3) is 0 Å². The molecule has 23 heavy (non-hydrogen) atoms. The average Bonchev–Trinajstić information content (AvgIpc) is 3.07. The third kappa shape index (κ3) is 3.48. The lowest BCUT2D eigenvalue weighted by Crippen LogP contribution is -2.19. The fraction of sp³-hybridized carbons (Fsp3) is 0.273. The van der Waals surface area contributed by atoms with E-state index in [9.17, 15) is 0 Å². The standard InChI is InChI=1S/C22H25P/c1-3-18(4-2)21-16-11-17-22(21)23(19-12-7-5-8-13-19)20-14-9-6-10-15-20/h5-18,21H,3-4H2,1-2H3/t21-/m1/s1. The number of hydrogen-bond donors (Lipinski definition) is 0. The molecule has 0 aliphatic heterocycles.